The van der Waals surface area contributed by atoms with E-state index < -0.39 is 0 Å². The van der Waals surface area contributed by atoms with Crippen LogP contribution in [0.4, 0.5) is 0 Å². The number of rotatable bonds is 3. The lowest BCUT2D eigenvalue weighted by molar-refractivity contribution is 1.06. The molecule has 1 aromatic carbocycles. The van der Waals surface area contributed by atoms with Gasteiger partial charge in [0.15, 0.2) is 5.16 Å². The molecule has 0 atom stereocenters. The Bertz CT molecular complexity index is 632. The van der Waals surface area contributed by atoms with Crippen molar-refractivity contribution in [3.05, 3.63) is 47.5 Å². The van der Waals surface area contributed by atoms with Gasteiger partial charge >= 0.3 is 0 Å². The summed E-state index contributed by atoms with van der Waals surface area (Å²) >= 11 is 7.28. The molecule has 0 spiro atoms. The van der Waals surface area contributed by atoms with Crippen LogP contribution in [0.1, 0.15) is 5.69 Å². The van der Waals surface area contributed by atoms with Crippen LogP contribution in [0.2, 0.25) is 5.15 Å². The molecule has 6 heteroatoms. The zero-order chi connectivity index (χ0) is 12.4. The Morgan fingerprint density at radius 2 is 2.06 bits per heavy atom. The number of imidazole rings is 1. The molecule has 3 rings (SSSR count). The second-order valence-corrected chi connectivity index (χ2v) is 5.03. The molecule has 0 amide bonds. The van der Waals surface area contributed by atoms with Gasteiger partial charge in [0.1, 0.15) is 5.15 Å². The number of aromatic amines is 1. The molecule has 0 unspecified atom stereocenters. The summed E-state index contributed by atoms with van der Waals surface area (Å²) < 4.78 is 0. The second-order valence-electron chi connectivity index (χ2n) is 3.68. The lowest BCUT2D eigenvalue weighted by Crippen LogP contribution is -1.88. The highest BCUT2D eigenvalue weighted by Crippen LogP contribution is 2.22. The second kappa shape index (κ2) is 4.96. The highest BCUT2D eigenvalue weighted by Gasteiger charge is 2.03. The molecular formula is C12H9ClN4S. The molecule has 0 aliphatic rings. The Morgan fingerprint density at radius 3 is 2.83 bits per heavy atom. The number of halogens is 1. The van der Waals surface area contributed by atoms with Crippen LogP contribution >= 0.6 is 23.4 Å². The molecule has 0 aliphatic heterocycles. The number of H-pyrrole nitrogens is 1. The molecule has 0 fully saturated rings. The van der Waals surface area contributed by atoms with Gasteiger partial charge in [0, 0.05) is 5.75 Å². The van der Waals surface area contributed by atoms with E-state index in [1.165, 1.54) is 0 Å². The zero-order valence-electron chi connectivity index (χ0n) is 9.30. The minimum atomic E-state index is 0.410. The fourth-order valence-electron chi connectivity index (χ4n) is 1.55. The largest absolute Gasteiger partial charge is 0.333 e. The Kier molecular flexibility index (Phi) is 3.17. The first kappa shape index (κ1) is 11.5. The van der Waals surface area contributed by atoms with Crippen molar-refractivity contribution in [3.8, 4) is 0 Å². The first-order valence-electron chi connectivity index (χ1n) is 5.35. The average molecular weight is 277 g/mol. The summed E-state index contributed by atoms with van der Waals surface area (Å²) in [5.74, 6) is 0.712. The summed E-state index contributed by atoms with van der Waals surface area (Å²) in [7, 11) is 0. The molecule has 0 radical (unpaired) electrons. The first-order chi connectivity index (χ1) is 8.81. The van der Waals surface area contributed by atoms with Crippen molar-refractivity contribution in [2.24, 2.45) is 0 Å². The standard InChI is InChI=1S/C12H9ClN4S/c13-11-6-14-8(5-15-11)7-18-12-16-9-3-1-2-4-10(9)17-12/h1-6H,7H2,(H,16,17). The van der Waals surface area contributed by atoms with Gasteiger partial charge in [0.2, 0.25) is 0 Å². The van der Waals surface area contributed by atoms with Gasteiger partial charge in [-0.25, -0.2) is 9.97 Å². The molecule has 0 bridgehead atoms. The van der Waals surface area contributed by atoms with Crippen molar-refractivity contribution in [3.63, 3.8) is 0 Å². The molecule has 0 saturated heterocycles. The highest BCUT2D eigenvalue weighted by atomic mass is 35.5. The normalized spacial score (nSPS) is 10.9. The van der Waals surface area contributed by atoms with Gasteiger partial charge in [-0.05, 0) is 12.1 Å². The van der Waals surface area contributed by atoms with Crippen molar-refractivity contribution < 1.29 is 0 Å². The van der Waals surface area contributed by atoms with Crippen molar-refractivity contribution in [2.75, 3.05) is 0 Å². The van der Waals surface area contributed by atoms with Gasteiger partial charge in [0.05, 0.1) is 29.1 Å². The van der Waals surface area contributed by atoms with E-state index in [1.807, 2.05) is 24.3 Å². The van der Waals surface area contributed by atoms with Gasteiger partial charge in [-0.3, -0.25) is 4.98 Å². The van der Waals surface area contributed by atoms with E-state index in [4.69, 9.17) is 11.6 Å². The van der Waals surface area contributed by atoms with Gasteiger partial charge in [-0.15, -0.1) is 0 Å². The molecule has 2 aromatic heterocycles. The van der Waals surface area contributed by atoms with Crippen LogP contribution < -0.4 is 0 Å². The summed E-state index contributed by atoms with van der Waals surface area (Å²) in [4.78, 5) is 15.9. The molecular weight excluding hydrogens is 268 g/mol. The molecule has 1 N–H and O–H groups in total. The smallest absolute Gasteiger partial charge is 0.166 e. The van der Waals surface area contributed by atoms with E-state index in [0.29, 0.717) is 10.9 Å². The number of benzene rings is 1. The van der Waals surface area contributed by atoms with Crippen molar-refractivity contribution >= 4 is 34.4 Å². The van der Waals surface area contributed by atoms with Gasteiger partial charge < -0.3 is 4.98 Å². The third-order valence-electron chi connectivity index (χ3n) is 2.40. The average Bonchev–Trinajstić information content (AvgIpc) is 2.81. The number of nitrogens with zero attached hydrogens (tertiary/aromatic N) is 3. The Hall–Kier alpha value is -1.59. The third-order valence-corrected chi connectivity index (χ3v) is 3.50. The monoisotopic (exact) mass is 276 g/mol. The van der Waals surface area contributed by atoms with Crippen LogP contribution in [-0.2, 0) is 5.75 Å². The van der Waals surface area contributed by atoms with Gasteiger partial charge in [-0.2, -0.15) is 0 Å². The van der Waals surface area contributed by atoms with E-state index in [1.54, 1.807) is 24.2 Å². The van der Waals surface area contributed by atoms with E-state index >= 15 is 0 Å². The number of hydrogen-bond donors (Lipinski definition) is 1. The Balaban J connectivity index is 1.74. The fourth-order valence-corrected chi connectivity index (χ4v) is 2.43. The maximum Gasteiger partial charge on any atom is 0.166 e. The molecule has 18 heavy (non-hydrogen) atoms. The summed E-state index contributed by atoms with van der Waals surface area (Å²) in [5.41, 5.74) is 2.90. The van der Waals surface area contributed by atoms with Crippen LogP contribution in [0.15, 0.2) is 41.8 Å². The van der Waals surface area contributed by atoms with Crippen molar-refractivity contribution in [2.45, 2.75) is 10.9 Å². The summed E-state index contributed by atoms with van der Waals surface area (Å²) in [6.07, 6.45) is 3.23. The van der Waals surface area contributed by atoms with E-state index in [9.17, 15) is 0 Å². The molecule has 90 valence electrons. The number of hydrogen-bond acceptors (Lipinski definition) is 4. The molecule has 2 heterocycles. The topological polar surface area (TPSA) is 54.5 Å². The van der Waals surface area contributed by atoms with Crippen molar-refractivity contribution in [1.29, 1.82) is 0 Å². The lowest BCUT2D eigenvalue weighted by Gasteiger charge is -1.97. The minimum absolute atomic E-state index is 0.410. The van der Waals surface area contributed by atoms with Crippen LogP contribution in [-0.4, -0.2) is 19.9 Å². The number of para-hydroxylation sites is 2. The van der Waals surface area contributed by atoms with Crippen molar-refractivity contribution in [1.82, 2.24) is 19.9 Å². The van der Waals surface area contributed by atoms with Crippen LogP contribution in [0, 0.1) is 0 Å². The van der Waals surface area contributed by atoms with Crippen LogP contribution in [0.25, 0.3) is 11.0 Å². The molecule has 3 aromatic rings. The highest BCUT2D eigenvalue weighted by molar-refractivity contribution is 7.98. The first-order valence-corrected chi connectivity index (χ1v) is 6.71. The Morgan fingerprint density at radius 1 is 1.17 bits per heavy atom. The molecule has 0 saturated carbocycles. The minimum Gasteiger partial charge on any atom is -0.333 e. The van der Waals surface area contributed by atoms with E-state index in [-0.39, 0.29) is 0 Å². The van der Waals surface area contributed by atoms with Gasteiger partial charge in [-0.1, -0.05) is 35.5 Å². The number of thioether (sulfide) groups is 1. The fraction of sp³-hybridized carbons (Fsp3) is 0.0833. The van der Waals surface area contributed by atoms with Gasteiger partial charge in [0.25, 0.3) is 0 Å². The molecule has 0 aliphatic carbocycles. The lowest BCUT2D eigenvalue weighted by atomic mass is 10.3. The predicted molar refractivity (Wildman–Crippen MR) is 72.7 cm³/mol. The number of aromatic nitrogens is 4. The summed E-state index contributed by atoms with van der Waals surface area (Å²) in [6.45, 7) is 0. The van der Waals surface area contributed by atoms with E-state index in [2.05, 4.69) is 19.9 Å². The molecule has 4 nitrogen and oxygen atoms in total. The third kappa shape index (κ3) is 2.47. The maximum absolute atomic E-state index is 5.68. The Labute approximate surface area is 113 Å². The quantitative estimate of drug-likeness (QED) is 0.746. The number of nitrogens with one attached hydrogen (secondary N) is 1. The van der Waals surface area contributed by atoms with Crippen LogP contribution in [0.5, 0.6) is 0 Å². The predicted octanol–water partition coefficient (Wildman–Crippen LogP) is 3.30. The SMILES string of the molecule is Clc1cnc(CSc2nc3ccccc3[nH]2)cn1. The van der Waals surface area contributed by atoms with Crippen LogP contribution in [0.3, 0.4) is 0 Å². The zero-order valence-corrected chi connectivity index (χ0v) is 10.9. The number of fused-ring (bicyclic) bond motifs is 1. The summed E-state index contributed by atoms with van der Waals surface area (Å²) in [6, 6.07) is 7.95. The summed E-state index contributed by atoms with van der Waals surface area (Å²) in [5, 5.41) is 1.29. The maximum atomic E-state index is 5.68. The van der Waals surface area contributed by atoms with E-state index in [0.717, 1.165) is 21.9 Å².